The van der Waals surface area contributed by atoms with E-state index in [0.29, 0.717) is 0 Å². The first-order valence-electron chi connectivity index (χ1n) is 8.15. The van der Waals surface area contributed by atoms with Crippen LogP contribution in [0.3, 0.4) is 0 Å². The number of hydrogen-bond acceptors (Lipinski definition) is 4. The normalized spacial score (nSPS) is 21.4. The molecule has 0 unspecified atom stereocenters. The van der Waals surface area contributed by atoms with Gasteiger partial charge in [-0.2, -0.15) is 0 Å². The predicted octanol–water partition coefficient (Wildman–Crippen LogP) is 3.34. The average Bonchev–Trinajstić information content (AvgIpc) is 2.95. The van der Waals surface area contributed by atoms with Crippen molar-refractivity contribution in [3.05, 3.63) is 23.8 Å². The monoisotopic (exact) mass is 305 g/mol. The molecular formula is C18H27NO3. The highest BCUT2D eigenvalue weighted by atomic mass is 16.7. The zero-order valence-corrected chi connectivity index (χ0v) is 14.1. The lowest BCUT2D eigenvalue weighted by molar-refractivity contribution is -0.169. The summed E-state index contributed by atoms with van der Waals surface area (Å²) in [7, 11) is 1.75. The highest BCUT2D eigenvalue weighted by Gasteiger charge is 2.40. The molecule has 0 aromatic heterocycles. The summed E-state index contributed by atoms with van der Waals surface area (Å²) in [6, 6.07) is 6.57. The largest absolute Gasteiger partial charge is 0.495 e. The van der Waals surface area contributed by atoms with Crippen LogP contribution in [0.15, 0.2) is 18.2 Å². The second kappa shape index (κ2) is 5.74. The Labute approximate surface area is 133 Å². The smallest absolute Gasteiger partial charge is 0.171 e. The lowest BCUT2D eigenvalue weighted by atomic mass is 9.86. The molecule has 2 aliphatic rings. The van der Waals surface area contributed by atoms with Crippen LogP contribution in [0.2, 0.25) is 0 Å². The molecule has 3 rings (SSSR count). The van der Waals surface area contributed by atoms with E-state index in [1.165, 1.54) is 11.3 Å². The van der Waals surface area contributed by atoms with E-state index in [1.54, 1.807) is 7.11 Å². The van der Waals surface area contributed by atoms with Crippen LogP contribution in [0.4, 0.5) is 5.69 Å². The van der Waals surface area contributed by atoms with Crippen molar-refractivity contribution in [2.75, 3.05) is 38.3 Å². The first kappa shape index (κ1) is 15.6. The van der Waals surface area contributed by atoms with Gasteiger partial charge in [0, 0.05) is 25.9 Å². The highest BCUT2D eigenvalue weighted by molar-refractivity contribution is 5.60. The molecule has 0 amide bonds. The van der Waals surface area contributed by atoms with Gasteiger partial charge in [0.25, 0.3) is 0 Å². The SMILES string of the molecule is COc1cc(C(C)(C)C)ccc1N1CCC2(CC1)OCCO2. The van der Waals surface area contributed by atoms with Crippen LogP contribution in [0.25, 0.3) is 0 Å². The number of benzene rings is 1. The molecule has 4 nitrogen and oxygen atoms in total. The summed E-state index contributed by atoms with van der Waals surface area (Å²) in [4.78, 5) is 2.38. The van der Waals surface area contributed by atoms with Gasteiger partial charge < -0.3 is 19.1 Å². The Balaban J connectivity index is 1.77. The third kappa shape index (κ3) is 2.95. The van der Waals surface area contributed by atoms with E-state index in [4.69, 9.17) is 14.2 Å². The second-order valence-corrected chi connectivity index (χ2v) is 7.23. The number of nitrogens with zero attached hydrogens (tertiary/aromatic N) is 1. The standard InChI is InChI=1S/C18H27NO3/c1-17(2,3)14-5-6-15(16(13-14)20-4)19-9-7-18(8-10-19)21-11-12-22-18/h5-6,13H,7-12H2,1-4H3. The van der Waals surface area contributed by atoms with Crippen LogP contribution in [0.5, 0.6) is 5.75 Å². The molecular weight excluding hydrogens is 278 g/mol. The van der Waals surface area contributed by atoms with E-state index in [-0.39, 0.29) is 11.2 Å². The number of rotatable bonds is 2. The first-order chi connectivity index (χ1) is 10.4. The first-order valence-corrected chi connectivity index (χ1v) is 8.15. The number of piperidine rings is 1. The molecule has 0 saturated carbocycles. The average molecular weight is 305 g/mol. The fraction of sp³-hybridized carbons (Fsp3) is 0.667. The molecule has 0 bridgehead atoms. The van der Waals surface area contributed by atoms with Crippen LogP contribution in [0.1, 0.15) is 39.2 Å². The van der Waals surface area contributed by atoms with Crippen LogP contribution < -0.4 is 9.64 Å². The third-order valence-corrected chi connectivity index (χ3v) is 4.73. The maximum absolute atomic E-state index is 5.81. The van der Waals surface area contributed by atoms with Gasteiger partial charge in [0.1, 0.15) is 5.75 Å². The quantitative estimate of drug-likeness (QED) is 0.838. The number of anilines is 1. The van der Waals surface area contributed by atoms with Crippen molar-refractivity contribution < 1.29 is 14.2 Å². The number of hydrogen-bond donors (Lipinski definition) is 0. The van der Waals surface area contributed by atoms with Crippen molar-refractivity contribution in [1.29, 1.82) is 0 Å². The second-order valence-electron chi connectivity index (χ2n) is 7.23. The maximum Gasteiger partial charge on any atom is 0.171 e. The minimum atomic E-state index is -0.324. The molecule has 0 aliphatic carbocycles. The zero-order chi connectivity index (χ0) is 15.8. The number of ether oxygens (including phenoxy) is 3. The van der Waals surface area contributed by atoms with Gasteiger partial charge >= 0.3 is 0 Å². The van der Waals surface area contributed by atoms with Gasteiger partial charge in [0.2, 0.25) is 0 Å². The van der Waals surface area contributed by atoms with E-state index in [0.717, 1.165) is 44.9 Å². The van der Waals surface area contributed by atoms with E-state index in [9.17, 15) is 0 Å². The van der Waals surface area contributed by atoms with Gasteiger partial charge in [-0.15, -0.1) is 0 Å². The van der Waals surface area contributed by atoms with E-state index >= 15 is 0 Å². The Kier molecular flexibility index (Phi) is 4.08. The Morgan fingerprint density at radius 2 is 1.73 bits per heavy atom. The lowest BCUT2D eigenvalue weighted by Crippen LogP contribution is -2.45. The summed E-state index contributed by atoms with van der Waals surface area (Å²) >= 11 is 0. The van der Waals surface area contributed by atoms with Gasteiger partial charge in [0.05, 0.1) is 26.0 Å². The molecule has 1 aromatic carbocycles. The molecule has 0 atom stereocenters. The molecule has 0 radical (unpaired) electrons. The summed E-state index contributed by atoms with van der Waals surface area (Å²) in [5.74, 6) is 0.631. The minimum absolute atomic E-state index is 0.128. The predicted molar refractivity (Wildman–Crippen MR) is 87.8 cm³/mol. The molecule has 4 heteroatoms. The van der Waals surface area contributed by atoms with Crippen molar-refractivity contribution in [2.24, 2.45) is 0 Å². The molecule has 1 spiro atoms. The van der Waals surface area contributed by atoms with E-state index < -0.39 is 0 Å². The molecule has 2 aliphatic heterocycles. The summed E-state index contributed by atoms with van der Waals surface area (Å²) in [6.45, 7) is 9.99. The zero-order valence-electron chi connectivity index (χ0n) is 14.1. The van der Waals surface area contributed by atoms with Crippen LogP contribution in [-0.4, -0.2) is 39.2 Å². The Hall–Kier alpha value is -1.26. The molecule has 2 saturated heterocycles. The molecule has 2 heterocycles. The van der Waals surface area contributed by atoms with Crippen LogP contribution >= 0.6 is 0 Å². The number of methoxy groups -OCH3 is 1. The molecule has 122 valence electrons. The topological polar surface area (TPSA) is 30.9 Å². The van der Waals surface area contributed by atoms with Gasteiger partial charge in [-0.3, -0.25) is 0 Å². The van der Waals surface area contributed by atoms with Gasteiger partial charge in [0.15, 0.2) is 5.79 Å². The molecule has 2 fully saturated rings. The lowest BCUT2D eigenvalue weighted by Gasteiger charge is -2.39. The van der Waals surface area contributed by atoms with Gasteiger partial charge in [-0.05, 0) is 23.1 Å². The Bertz CT molecular complexity index is 520. The van der Waals surface area contributed by atoms with Crippen molar-refractivity contribution in [3.8, 4) is 5.75 Å². The van der Waals surface area contributed by atoms with Crippen LogP contribution in [0, 0.1) is 0 Å². The van der Waals surface area contributed by atoms with Crippen molar-refractivity contribution in [2.45, 2.75) is 44.8 Å². The Morgan fingerprint density at radius 3 is 2.27 bits per heavy atom. The van der Waals surface area contributed by atoms with Gasteiger partial charge in [-0.1, -0.05) is 26.8 Å². The fourth-order valence-electron chi connectivity index (χ4n) is 3.28. The van der Waals surface area contributed by atoms with E-state index in [2.05, 4.69) is 43.9 Å². The summed E-state index contributed by atoms with van der Waals surface area (Å²) < 4.78 is 17.3. The summed E-state index contributed by atoms with van der Waals surface area (Å²) in [5, 5.41) is 0. The van der Waals surface area contributed by atoms with Crippen molar-refractivity contribution >= 4 is 5.69 Å². The Morgan fingerprint density at radius 1 is 1.09 bits per heavy atom. The van der Waals surface area contributed by atoms with Crippen molar-refractivity contribution in [3.63, 3.8) is 0 Å². The summed E-state index contributed by atoms with van der Waals surface area (Å²) in [5.41, 5.74) is 2.59. The van der Waals surface area contributed by atoms with E-state index in [1.807, 2.05) is 0 Å². The minimum Gasteiger partial charge on any atom is -0.495 e. The highest BCUT2D eigenvalue weighted by Crippen LogP contribution is 2.38. The summed E-state index contributed by atoms with van der Waals surface area (Å²) in [6.07, 6.45) is 1.83. The molecule has 0 N–H and O–H groups in total. The maximum atomic E-state index is 5.81. The van der Waals surface area contributed by atoms with Crippen molar-refractivity contribution in [1.82, 2.24) is 0 Å². The molecule has 1 aromatic rings. The third-order valence-electron chi connectivity index (χ3n) is 4.73. The fourth-order valence-corrected chi connectivity index (χ4v) is 3.28. The molecule has 22 heavy (non-hydrogen) atoms. The van der Waals surface area contributed by atoms with Gasteiger partial charge in [-0.25, -0.2) is 0 Å². The van der Waals surface area contributed by atoms with Crippen LogP contribution in [-0.2, 0) is 14.9 Å².